The van der Waals surface area contributed by atoms with Gasteiger partial charge in [0.25, 0.3) is 0 Å². The maximum Gasteiger partial charge on any atom is 0.394 e. The Labute approximate surface area is 424 Å². The lowest BCUT2D eigenvalue weighted by atomic mass is 10.1. The average molecular weight is 974 g/mol. The molecular formula is C60H128N2O4S. The molecule has 0 spiro atoms. The summed E-state index contributed by atoms with van der Waals surface area (Å²) in [4.78, 5) is 5.65. The van der Waals surface area contributed by atoms with Gasteiger partial charge in [0.2, 0.25) is 0 Å². The summed E-state index contributed by atoms with van der Waals surface area (Å²) in [6.45, 7) is 22.1. The molecule has 7 heteroatoms. The van der Waals surface area contributed by atoms with Gasteiger partial charge < -0.3 is 9.80 Å². The predicted molar refractivity (Wildman–Crippen MR) is 303 cm³/mol. The molecule has 67 heavy (non-hydrogen) atoms. The largest absolute Gasteiger partial charge is 0.394 e. The summed E-state index contributed by atoms with van der Waals surface area (Å²) in [6, 6.07) is 0. The van der Waals surface area contributed by atoms with E-state index in [9.17, 15) is 0 Å². The van der Waals surface area contributed by atoms with Crippen molar-refractivity contribution in [3.05, 3.63) is 0 Å². The number of hydrogen-bond acceptors (Lipinski definition) is 4. The summed E-state index contributed by atoms with van der Waals surface area (Å²) < 4.78 is 31.6. The quantitative estimate of drug-likeness (QED) is 0.0467. The molecule has 0 aromatic carbocycles. The molecule has 0 aromatic rings. The van der Waals surface area contributed by atoms with Crippen molar-refractivity contribution in [2.75, 3.05) is 39.3 Å². The van der Waals surface area contributed by atoms with Gasteiger partial charge in [-0.25, -0.2) is 0 Å². The SMILES string of the molecule is CCCCCCCCCCN(CCCCCCCCCC)CCCCCCCCCC.CCCCCCCCCCN(CCCCCCCCCC)CCCCCCCCCC.O=S(=O)(O)O. The topological polar surface area (TPSA) is 81.1 Å². The molecule has 0 aliphatic carbocycles. The van der Waals surface area contributed by atoms with Crippen LogP contribution >= 0.6 is 0 Å². The zero-order valence-corrected chi connectivity index (χ0v) is 48.0. The van der Waals surface area contributed by atoms with Crippen LogP contribution in [0.4, 0.5) is 0 Å². The third-order valence-electron chi connectivity index (χ3n) is 14.0. The summed E-state index contributed by atoms with van der Waals surface area (Å²) in [5.41, 5.74) is 0. The third kappa shape index (κ3) is 74.9. The van der Waals surface area contributed by atoms with E-state index < -0.39 is 10.4 Å². The molecule has 0 heterocycles. The third-order valence-corrected chi connectivity index (χ3v) is 14.0. The second-order valence-corrected chi connectivity index (χ2v) is 21.9. The van der Waals surface area contributed by atoms with Crippen LogP contribution in [0.1, 0.15) is 350 Å². The molecular weight excluding hydrogens is 845 g/mol. The zero-order valence-electron chi connectivity index (χ0n) is 47.2. The fourth-order valence-electron chi connectivity index (χ4n) is 9.49. The fourth-order valence-corrected chi connectivity index (χ4v) is 9.49. The van der Waals surface area contributed by atoms with Crippen molar-refractivity contribution in [3.8, 4) is 0 Å². The van der Waals surface area contributed by atoms with E-state index in [1.807, 2.05) is 0 Å². The smallest absolute Gasteiger partial charge is 0.303 e. The average Bonchev–Trinajstić information content (AvgIpc) is 3.30. The summed E-state index contributed by atoms with van der Waals surface area (Å²) in [6.07, 6.45) is 69.3. The second kappa shape index (κ2) is 63.8. The molecule has 6 nitrogen and oxygen atoms in total. The Balaban J connectivity index is -0.00000111. The molecule has 0 rings (SSSR count). The molecule has 0 amide bonds. The van der Waals surface area contributed by atoms with Gasteiger partial charge in [-0.2, -0.15) is 8.42 Å². The van der Waals surface area contributed by atoms with Gasteiger partial charge in [-0.3, -0.25) is 9.11 Å². The first kappa shape index (κ1) is 71.0. The Morgan fingerprint density at radius 2 is 0.299 bits per heavy atom. The van der Waals surface area contributed by atoms with E-state index in [-0.39, 0.29) is 0 Å². The molecule has 0 fully saturated rings. The van der Waals surface area contributed by atoms with Crippen molar-refractivity contribution in [3.63, 3.8) is 0 Å². The number of hydrogen-bond donors (Lipinski definition) is 2. The first-order valence-corrected chi connectivity index (χ1v) is 32.2. The van der Waals surface area contributed by atoms with Crippen LogP contribution in [0.2, 0.25) is 0 Å². The summed E-state index contributed by atoms with van der Waals surface area (Å²) in [5, 5.41) is 0. The zero-order chi connectivity index (χ0) is 49.8. The van der Waals surface area contributed by atoms with Crippen molar-refractivity contribution < 1.29 is 17.5 Å². The molecule has 0 saturated heterocycles. The van der Waals surface area contributed by atoms with Crippen LogP contribution in [-0.4, -0.2) is 66.6 Å². The lowest BCUT2D eigenvalue weighted by Crippen LogP contribution is -2.27. The standard InChI is InChI=1S/2C30H63N.H2O4S/c2*1-4-7-10-13-16-19-22-25-28-31(29-26-23-20-17-14-11-8-5-2)30-27-24-21-18-15-12-9-6-3;1-5(2,3)4/h2*4-30H2,1-3H3;(H2,1,2,3,4). The van der Waals surface area contributed by atoms with Gasteiger partial charge in [-0.05, 0) is 77.8 Å². The Kier molecular flexibility index (Phi) is 67.7. The van der Waals surface area contributed by atoms with E-state index in [2.05, 4.69) is 51.3 Å². The molecule has 0 aromatic heterocycles. The van der Waals surface area contributed by atoms with Gasteiger partial charge in [0, 0.05) is 0 Å². The predicted octanol–water partition coefficient (Wildman–Crippen LogP) is 20.8. The van der Waals surface area contributed by atoms with E-state index >= 15 is 0 Å². The van der Waals surface area contributed by atoms with Crippen LogP contribution in [0.3, 0.4) is 0 Å². The molecule has 0 atom stereocenters. The van der Waals surface area contributed by atoms with Crippen LogP contribution in [0.15, 0.2) is 0 Å². The Hall–Kier alpha value is -0.210. The van der Waals surface area contributed by atoms with Crippen LogP contribution in [0.5, 0.6) is 0 Å². The fraction of sp³-hybridized carbons (Fsp3) is 1.00. The van der Waals surface area contributed by atoms with Crippen molar-refractivity contribution >= 4 is 10.4 Å². The highest BCUT2D eigenvalue weighted by atomic mass is 32.3. The van der Waals surface area contributed by atoms with Crippen molar-refractivity contribution in [2.45, 2.75) is 350 Å². The molecule has 0 aliphatic rings. The summed E-state index contributed by atoms with van der Waals surface area (Å²) in [5.74, 6) is 0. The van der Waals surface area contributed by atoms with E-state index in [0.717, 1.165) is 0 Å². The van der Waals surface area contributed by atoms with Crippen molar-refractivity contribution in [2.24, 2.45) is 0 Å². The van der Waals surface area contributed by atoms with Crippen molar-refractivity contribution in [1.82, 2.24) is 9.80 Å². The minimum Gasteiger partial charge on any atom is -0.303 e. The van der Waals surface area contributed by atoms with Crippen LogP contribution in [0.25, 0.3) is 0 Å². The minimum absolute atomic E-state index is 1.36. The molecule has 0 unspecified atom stereocenters. The highest BCUT2D eigenvalue weighted by molar-refractivity contribution is 7.79. The van der Waals surface area contributed by atoms with Crippen LogP contribution < -0.4 is 0 Å². The Morgan fingerprint density at radius 3 is 0.403 bits per heavy atom. The molecule has 0 aliphatic heterocycles. The Bertz CT molecular complexity index is 787. The highest BCUT2D eigenvalue weighted by Crippen LogP contribution is 2.16. The second-order valence-electron chi connectivity index (χ2n) is 21.0. The molecule has 2 N–H and O–H groups in total. The van der Waals surface area contributed by atoms with Gasteiger partial charge in [0.1, 0.15) is 0 Å². The first-order chi connectivity index (χ1) is 32.7. The van der Waals surface area contributed by atoms with Gasteiger partial charge >= 0.3 is 10.4 Å². The highest BCUT2D eigenvalue weighted by Gasteiger charge is 2.07. The van der Waals surface area contributed by atoms with Gasteiger partial charge in [0.05, 0.1) is 0 Å². The lowest BCUT2D eigenvalue weighted by molar-refractivity contribution is 0.254. The maximum absolute atomic E-state index is 8.74. The molecule has 0 bridgehead atoms. The monoisotopic (exact) mass is 973 g/mol. The van der Waals surface area contributed by atoms with E-state index in [1.165, 1.54) is 347 Å². The lowest BCUT2D eigenvalue weighted by Gasteiger charge is -2.22. The normalized spacial score (nSPS) is 11.6. The number of nitrogens with zero attached hydrogens (tertiary/aromatic N) is 2. The van der Waals surface area contributed by atoms with Gasteiger partial charge in [0.15, 0.2) is 0 Å². The van der Waals surface area contributed by atoms with Gasteiger partial charge in [-0.1, -0.05) is 311 Å². The summed E-state index contributed by atoms with van der Waals surface area (Å²) in [7, 11) is -4.67. The first-order valence-electron chi connectivity index (χ1n) is 30.8. The van der Waals surface area contributed by atoms with Crippen LogP contribution in [-0.2, 0) is 10.4 Å². The number of unbranched alkanes of at least 4 members (excludes halogenated alkanes) is 42. The number of rotatable bonds is 54. The summed E-state index contributed by atoms with van der Waals surface area (Å²) >= 11 is 0. The Morgan fingerprint density at radius 1 is 0.209 bits per heavy atom. The van der Waals surface area contributed by atoms with E-state index in [4.69, 9.17) is 17.5 Å². The minimum atomic E-state index is -4.67. The van der Waals surface area contributed by atoms with Crippen molar-refractivity contribution in [1.29, 1.82) is 0 Å². The molecule has 0 saturated carbocycles. The van der Waals surface area contributed by atoms with E-state index in [0.29, 0.717) is 0 Å². The molecule has 408 valence electrons. The van der Waals surface area contributed by atoms with Gasteiger partial charge in [-0.15, -0.1) is 0 Å². The maximum atomic E-state index is 8.74. The van der Waals surface area contributed by atoms with E-state index in [1.54, 1.807) is 0 Å². The van der Waals surface area contributed by atoms with Crippen LogP contribution in [0, 0.1) is 0 Å². The molecule has 0 radical (unpaired) electrons.